The Labute approximate surface area is 184 Å². The highest BCUT2D eigenvalue weighted by Crippen LogP contribution is 2.62. The average molecular weight is 486 g/mol. The number of hydrogen-bond donors (Lipinski definition) is 1. The molecule has 0 saturated carbocycles. The zero-order chi connectivity index (χ0) is 19.6. The van der Waals surface area contributed by atoms with Crippen LogP contribution in [0.5, 0.6) is 0 Å². The van der Waals surface area contributed by atoms with Crippen molar-refractivity contribution in [1.82, 2.24) is 0 Å². The molecule has 0 amide bonds. The third-order valence-corrected chi connectivity index (χ3v) is 6.87. The van der Waals surface area contributed by atoms with Gasteiger partial charge in [0, 0.05) is 0 Å². The van der Waals surface area contributed by atoms with E-state index in [0.29, 0.717) is 0 Å². The second-order valence-electron chi connectivity index (χ2n) is 7.63. The first kappa shape index (κ1) is 17.5. The van der Waals surface area contributed by atoms with Crippen molar-refractivity contribution in [2.24, 2.45) is 0 Å². The summed E-state index contributed by atoms with van der Waals surface area (Å²) in [6, 6.07) is 32.3. The van der Waals surface area contributed by atoms with Gasteiger partial charge in [0.05, 0.1) is 28.4 Å². The molecule has 138 valence electrons. The van der Waals surface area contributed by atoms with Crippen molar-refractivity contribution in [2.75, 3.05) is 0 Å². The Morgan fingerprint density at radius 2 is 1.07 bits per heavy atom. The van der Waals surface area contributed by atoms with E-state index in [4.69, 9.17) is 2.98 Å². The zero-order valence-corrected chi connectivity index (χ0v) is 17.6. The summed E-state index contributed by atoms with van der Waals surface area (Å²) < 4.78 is 5.19. The molecule has 0 fully saturated rings. The van der Waals surface area contributed by atoms with Gasteiger partial charge in [0.15, 0.2) is 0 Å². The molecule has 0 bridgehead atoms. The van der Waals surface area contributed by atoms with Crippen LogP contribution < -0.4 is 5.46 Å². The van der Waals surface area contributed by atoms with Gasteiger partial charge in [-0.25, -0.2) is 0 Å². The quantitative estimate of drug-likeness (QED) is 0.273. The third kappa shape index (κ3) is 2.14. The highest BCUT2D eigenvalue weighted by Gasteiger charge is 2.51. The number of fused-ring (bicyclic) bond motifs is 10. The molecule has 29 heavy (non-hydrogen) atoms. The standard InChI is InChI=1S/C25H16BIO2/c27-29-26(28)16-13-14-20-19-9-3-6-12-23(19)25(24(20)15-16)21-10-4-1-7-17(21)18-8-2-5-11-22(18)25/h1-15,28H. The van der Waals surface area contributed by atoms with E-state index in [-0.39, 0.29) is 5.41 Å². The molecule has 0 saturated heterocycles. The van der Waals surface area contributed by atoms with Crippen LogP contribution in [0.2, 0.25) is 0 Å². The van der Waals surface area contributed by atoms with Gasteiger partial charge in [-0.2, -0.15) is 0 Å². The number of benzene rings is 4. The van der Waals surface area contributed by atoms with Crippen LogP contribution in [0.1, 0.15) is 22.3 Å². The lowest BCUT2D eigenvalue weighted by molar-refractivity contribution is 0.492. The molecule has 1 spiro atoms. The minimum absolute atomic E-state index is 0.375. The Morgan fingerprint density at radius 1 is 0.621 bits per heavy atom. The Morgan fingerprint density at radius 3 is 1.55 bits per heavy atom. The number of hydrogen-bond acceptors (Lipinski definition) is 2. The normalized spacial score (nSPS) is 14.3. The van der Waals surface area contributed by atoms with E-state index in [1.165, 1.54) is 44.5 Å². The van der Waals surface area contributed by atoms with Crippen LogP contribution in [0.15, 0.2) is 91.0 Å². The molecule has 0 radical (unpaired) electrons. The molecule has 1 N–H and O–H groups in total. The van der Waals surface area contributed by atoms with E-state index in [1.54, 1.807) is 23.0 Å². The van der Waals surface area contributed by atoms with Gasteiger partial charge in [-0.15, -0.1) is 0 Å². The molecule has 0 atom stereocenters. The lowest BCUT2D eigenvalue weighted by atomic mass is 9.68. The van der Waals surface area contributed by atoms with Crippen LogP contribution in [0.3, 0.4) is 0 Å². The van der Waals surface area contributed by atoms with Crippen molar-refractivity contribution < 1.29 is 8.01 Å². The summed E-state index contributed by atoms with van der Waals surface area (Å²) in [6.07, 6.45) is 0. The highest BCUT2D eigenvalue weighted by atomic mass is 127. The second-order valence-corrected chi connectivity index (χ2v) is 8.14. The van der Waals surface area contributed by atoms with E-state index >= 15 is 0 Å². The molecular weight excluding hydrogens is 470 g/mol. The molecule has 0 heterocycles. The molecule has 2 aliphatic carbocycles. The van der Waals surface area contributed by atoms with Crippen LogP contribution in [0.25, 0.3) is 22.3 Å². The van der Waals surface area contributed by atoms with E-state index in [0.717, 1.165) is 5.46 Å². The van der Waals surface area contributed by atoms with E-state index < -0.39 is 7.12 Å². The van der Waals surface area contributed by atoms with Crippen molar-refractivity contribution >= 4 is 35.6 Å². The highest BCUT2D eigenvalue weighted by molar-refractivity contribution is 14.1. The molecule has 0 aromatic heterocycles. The topological polar surface area (TPSA) is 29.5 Å². The smallest absolute Gasteiger partial charge is 0.423 e. The first-order valence-corrected chi connectivity index (χ1v) is 10.5. The summed E-state index contributed by atoms with van der Waals surface area (Å²) in [5, 5.41) is 10.4. The van der Waals surface area contributed by atoms with Crippen LogP contribution >= 0.6 is 23.0 Å². The molecule has 4 heteroatoms. The third-order valence-electron chi connectivity index (χ3n) is 6.39. The second kappa shape index (κ2) is 6.29. The van der Waals surface area contributed by atoms with Gasteiger partial charge >= 0.3 is 7.12 Å². The van der Waals surface area contributed by atoms with Crippen molar-refractivity contribution in [3.05, 3.63) is 113 Å². The minimum atomic E-state index is -0.950. The summed E-state index contributed by atoms with van der Waals surface area (Å²) >= 11 is 1.76. The van der Waals surface area contributed by atoms with Crippen molar-refractivity contribution in [1.29, 1.82) is 0 Å². The molecule has 0 aliphatic heterocycles. The first-order chi connectivity index (χ1) is 14.3. The van der Waals surface area contributed by atoms with Crippen LogP contribution in [-0.4, -0.2) is 12.1 Å². The van der Waals surface area contributed by atoms with E-state index in [1.807, 2.05) is 6.07 Å². The van der Waals surface area contributed by atoms with Crippen molar-refractivity contribution in [3.63, 3.8) is 0 Å². The van der Waals surface area contributed by atoms with Crippen molar-refractivity contribution in [2.45, 2.75) is 5.41 Å². The van der Waals surface area contributed by atoms with Crippen molar-refractivity contribution in [3.8, 4) is 22.3 Å². The molecule has 4 aromatic rings. The molecule has 6 rings (SSSR count). The average Bonchev–Trinajstić information content (AvgIpc) is 3.25. The summed E-state index contributed by atoms with van der Waals surface area (Å²) in [7, 11) is -0.950. The van der Waals surface area contributed by atoms with E-state index in [2.05, 4.69) is 84.9 Å². The summed E-state index contributed by atoms with van der Waals surface area (Å²) in [4.78, 5) is 0. The Bertz CT molecular complexity index is 1220. The lowest BCUT2D eigenvalue weighted by Crippen LogP contribution is -2.33. The van der Waals surface area contributed by atoms with Gasteiger partial charge in [-0.1, -0.05) is 91.0 Å². The first-order valence-electron chi connectivity index (χ1n) is 9.66. The predicted octanol–water partition coefficient (Wildman–Crippen LogP) is 5.08. The Hall–Kier alpha value is -2.41. The monoisotopic (exact) mass is 486 g/mol. The maximum Gasteiger partial charge on any atom is 0.500 e. The van der Waals surface area contributed by atoms with Gasteiger partial charge in [-0.05, 0) is 50.0 Å². The number of rotatable bonds is 2. The molecule has 2 nitrogen and oxygen atoms in total. The molecule has 0 unspecified atom stereocenters. The lowest BCUT2D eigenvalue weighted by Gasteiger charge is -2.30. The summed E-state index contributed by atoms with van der Waals surface area (Å²) in [6.45, 7) is 0. The Kier molecular flexibility index (Phi) is 3.79. The van der Waals surface area contributed by atoms with Crippen LogP contribution in [0.4, 0.5) is 0 Å². The SMILES string of the molecule is OB(OI)c1ccc2c(c1)C1(c3ccccc3-c3ccccc31)c1ccccc1-2. The fourth-order valence-electron chi connectivity index (χ4n) is 5.32. The van der Waals surface area contributed by atoms with E-state index in [9.17, 15) is 5.02 Å². The Balaban J connectivity index is 1.80. The minimum Gasteiger partial charge on any atom is -0.423 e. The van der Waals surface area contributed by atoms with Gasteiger partial charge < -0.3 is 8.01 Å². The fourth-order valence-corrected chi connectivity index (χ4v) is 5.61. The van der Waals surface area contributed by atoms with Gasteiger partial charge in [0.1, 0.15) is 0 Å². The summed E-state index contributed by atoms with van der Waals surface area (Å²) in [5.74, 6) is 0. The molecule has 2 aliphatic rings. The fraction of sp³-hybridized carbons (Fsp3) is 0.0400. The van der Waals surface area contributed by atoms with Gasteiger partial charge in [-0.3, -0.25) is 0 Å². The molecule has 4 aromatic carbocycles. The predicted molar refractivity (Wildman–Crippen MR) is 125 cm³/mol. The number of halogens is 1. The van der Waals surface area contributed by atoms with Crippen LogP contribution in [-0.2, 0) is 8.40 Å². The largest absolute Gasteiger partial charge is 0.500 e. The van der Waals surface area contributed by atoms with Gasteiger partial charge in [0.25, 0.3) is 0 Å². The molecular formula is C25H16BIO2. The maximum atomic E-state index is 10.4. The zero-order valence-electron chi connectivity index (χ0n) is 15.5. The summed E-state index contributed by atoms with van der Waals surface area (Å²) in [5.41, 5.74) is 10.5. The van der Waals surface area contributed by atoms with Crippen LogP contribution in [0, 0.1) is 0 Å². The van der Waals surface area contributed by atoms with Gasteiger partial charge in [0.2, 0.25) is 0 Å². The maximum absolute atomic E-state index is 10.4.